The Balaban J connectivity index is 1.23. The molecule has 2 aromatic carbocycles. The second-order valence-corrected chi connectivity index (χ2v) is 11.3. The lowest BCUT2D eigenvalue weighted by Crippen LogP contribution is -2.49. The standard InChI is InChI=1S/C32H39N7O4/c1-3-30(42)37-14-16-38(17-15-37)31-27-8-9-39(29-21-25(41)20-24-6-4-5-7-26(24)29)22-28(27)33-32(34-31)43-19-18-35-10-12-36(13-11-35)23(2)40/h3-7,20-21,41H,1,8-19,22H2,2H3. The molecule has 3 aliphatic rings. The van der Waals surface area contributed by atoms with E-state index in [0.29, 0.717) is 45.3 Å². The van der Waals surface area contributed by atoms with Gasteiger partial charge in [0, 0.05) is 95.1 Å². The van der Waals surface area contributed by atoms with Gasteiger partial charge < -0.3 is 29.4 Å². The highest BCUT2D eigenvalue weighted by atomic mass is 16.5. The zero-order valence-corrected chi connectivity index (χ0v) is 24.7. The minimum absolute atomic E-state index is 0.0495. The molecular weight excluding hydrogens is 546 g/mol. The van der Waals surface area contributed by atoms with Crippen molar-refractivity contribution in [1.29, 1.82) is 0 Å². The summed E-state index contributed by atoms with van der Waals surface area (Å²) in [6, 6.07) is 12.1. The third-order valence-electron chi connectivity index (χ3n) is 8.71. The van der Waals surface area contributed by atoms with Gasteiger partial charge in [0.15, 0.2) is 0 Å². The summed E-state index contributed by atoms with van der Waals surface area (Å²) in [5, 5.41) is 12.6. The molecule has 226 valence electrons. The van der Waals surface area contributed by atoms with E-state index in [1.807, 2.05) is 34.1 Å². The summed E-state index contributed by atoms with van der Waals surface area (Å²) >= 11 is 0. The summed E-state index contributed by atoms with van der Waals surface area (Å²) in [7, 11) is 0. The first-order valence-corrected chi connectivity index (χ1v) is 15.0. The van der Waals surface area contributed by atoms with Crippen molar-refractivity contribution in [3.05, 3.63) is 60.3 Å². The Hall–Kier alpha value is -4.38. The normalized spacial score (nSPS) is 17.6. The number of hydrogen-bond acceptors (Lipinski definition) is 9. The van der Waals surface area contributed by atoms with Crippen molar-refractivity contribution >= 4 is 34.1 Å². The first-order valence-electron chi connectivity index (χ1n) is 15.0. The molecule has 0 unspecified atom stereocenters. The number of piperazine rings is 2. The van der Waals surface area contributed by atoms with Gasteiger partial charge in [-0.1, -0.05) is 30.8 Å². The van der Waals surface area contributed by atoms with Gasteiger partial charge in [-0.25, -0.2) is 0 Å². The molecular formula is C32H39N7O4. The predicted molar refractivity (Wildman–Crippen MR) is 166 cm³/mol. The van der Waals surface area contributed by atoms with Crippen molar-refractivity contribution in [2.24, 2.45) is 0 Å². The molecule has 0 radical (unpaired) electrons. The summed E-state index contributed by atoms with van der Waals surface area (Å²) in [5.74, 6) is 1.18. The molecule has 2 amide bonds. The van der Waals surface area contributed by atoms with Crippen molar-refractivity contribution in [3.8, 4) is 11.8 Å². The molecule has 0 bridgehead atoms. The van der Waals surface area contributed by atoms with E-state index in [2.05, 4.69) is 27.3 Å². The van der Waals surface area contributed by atoms with Gasteiger partial charge in [0.25, 0.3) is 0 Å². The third-order valence-corrected chi connectivity index (χ3v) is 8.71. The number of carbonyl (C=O) groups is 2. The molecule has 2 saturated heterocycles. The number of carbonyl (C=O) groups excluding carboxylic acids is 2. The highest BCUT2D eigenvalue weighted by Crippen LogP contribution is 2.36. The number of anilines is 2. The maximum Gasteiger partial charge on any atom is 0.318 e. The molecule has 0 aliphatic carbocycles. The molecule has 1 aromatic heterocycles. The monoisotopic (exact) mass is 585 g/mol. The first-order chi connectivity index (χ1) is 20.9. The molecule has 3 aliphatic heterocycles. The molecule has 2 fully saturated rings. The van der Waals surface area contributed by atoms with Gasteiger partial charge in [0.05, 0.1) is 12.2 Å². The van der Waals surface area contributed by atoms with Crippen molar-refractivity contribution < 1.29 is 19.4 Å². The van der Waals surface area contributed by atoms with Crippen LogP contribution in [0.25, 0.3) is 10.8 Å². The van der Waals surface area contributed by atoms with Crippen molar-refractivity contribution in [2.45, 2.75) is 19.9 Å². The van der Waals surface area contributed by atoms with Crippen LogP contribution in [0, 0.1) is 0 Å². The van der Waals surface area contributed by atoms with Crippen LogP contribution in [-0.4, -0.2) is 114 Å². The van der Waals surface area contributed by atoms with Crippen LogP contribution in [0.5, 0.6) is 11.8 Å². The summed E-state index contributed by atoms with van der Waals surface area (Å²) in [6.07, 6.45) is 2.12. The number of phenols is 1. The number of amides is 2. The number of aromatic hydroxyl groups is 1. The number of fused-ring (bicyclic) bond motifs is 2. The summed E-state index contributed by atoms with van der Waals surface area (Å²) in [6.45, 7) is 13.4. The lowest BCUT2D eigenvalue weighted by Gasteiger charge is -2.38. The van der Waals surface area contributed by atoms with Crippen LogP contribution < -0.4 is 14.5 Å². The number of phenolic OH excluding ortho intramolecular Hbond substituents is 1. The van der Waals surface area contributed by atoms with E-state index < -0.39 is 0 Å². The van der Waals surface area contributed by atoms with E-state index in [4.69, 9.17) is 14.7 Å². The van der Waals surface area contributed by atoms with Crippen LogP contribution in [0.4, 0.5) is 11.5 Å². The molecule has 43 heavy (non-hydrogen) atoms. The van der Waals surface area contributed by atoms with Crippen LogP contribution in [0.2, 0.25) is 0 Å². The SMILES string of the molecule is C=CC(=O)N1CCN(c2nc(OCCN3CCN(C(C)=O)CC3)nc3c2CCN(c2cc(O)cc4ccccc24)C3)CC1. The Morgan fingerprint density at radius 2 is 1.70 bits per heavy atom. The summed E-state index contributed by atoms with van der Waals surface area (Å²) in [5.41, 5.74) is 3.00. The summed E-state index contributed by atoms with van der Waals surface area (Å²) < 4.78 is 6.18. The largest absolute Gasteiger partial charge is 0.508 e. The van der Waals surface area contributed by atoms with E-state index in [1.54, 1.807) is 13.0 Å². The smallest absolute Gasteiger partial charge is 0.318 e. The Morgan fingerprint density at radius 1 is 0.953 bits per heavy atom. The first kappa shape index (κ1) is 28.7. The van der Waals surface area contributed by atoms with E-state index >= 15 is 0 Å². The highest BCUT2D eigenvalue weighted by molar-refractivity contribution is 5.95. The molecule has 3 aromatic rings. The fourth-order valence-electron chi connectivity index (χ4n) is 6.28. The van der Waals surface area contributed by atoms with Gasteiger partial charge in [-0.05, 0) is 23.9 Å². The fourth-order valence-corrected chi connectivity index (χ4v) is 6.28. The van der Waals surface area contributed by atoms with Gasteiger partial charge in [0.2, 0.25) is 11.8 Å². The average Bonchev–Trinajstić information content (AvgIpc) is 3.03. The number of rotatable bonds is 7. The molecule has 6 rings (SSSR count). The number of hydrogen-bond donors (Lipinski definition) is 1. The Labute approximate surface area is 252 Å². The van der Waals surface area contributed by atoms with Crippen LogP contribution in [0.3, 0.4) is 0 Å². The molecule has 11 nitrogen and oxygen atoms in total. The lowest BCUT2D eigenvalue weighted by molar-refractivity contribution is -0.130. The zero-order valence-electron chi connectivity index (χ0n) is 24.7. The van der Waals surface area contributed by atoms with E-state index in [1.165, 1.54) is 6.08 Å². The number of nitrogens with zero attached hydrogens (tertiary/aromatic N) is 7. The minimum atomic E-state index is -0.0495. The van der Waals surface area contributed by atoms with Crippen molar-refractivity contribution in [3.63, 3.8) is 0 Å². The van der Waals surface area contributed by atoms with Crippen LogP contribution in [0.1, 0.15) is 18.2 Å². The molecule has 0 spiro atoms. The Bertz CT molecular complexity index is 1510. The van der Waals surface area contributed by atoms with E-state index in [0.717, 1.165) is 79.2 Å². The van der Waals surface area contributed by atoms with Crippen LogP contribution >= 0.6 is 0 Å². The number of benzene rings is 2. The minimum Gasteiger partial charge on any atom is -0.508 e. The van der Waals surface area contributed by atoms with Gasteiger partial charge in [-0.15, -0.1) is 0 Å². The van der Waals surface area contributed by atoms with Gasteiger partial charge in [-0.3, -0.25) is 14.5 Å². The molecule has 0 saturated carbocycles. The molecule has 11 heteroatoms. The second-order valence-electron chi connectivity index (χ2n) is 11.3. The van der Waals surface area contributed by atoms with E-state index in [9.17, 15) is 14.7 Å². The maximum absolute atomic E-state index is 12.2. The highest BCUT2D eigenvalue weighted by Gasteiger charge is 2.29. The maximum atomic E-state index is 12.2. The summed E-state index contributed by atoms with van der Waals surface area (Å²) in [4.78, 5) is 44.2. The van der Waals surface area contributed by atoms with Gasteiger partial charge in [-0.2, -0.15) is 9.97 Å². The lowest BCUT2D eigenvalue weighted by atomic mass is 10.0. The fraction of sp³-hybridized carbons (Fsp3) is 0.438. The third kappa shape index (κ3) is 6.22. The van der Waals surface area contributed by atoms with Crippen molar-refractivity contribution in [1.82, 2.24) is 24.7 Å². The topological polar surface area (TPSA) is 106 Å². The van der Waals surface area contributed by atoms with Gasteiger partial charge in [0.1, 0.15) is 18.2 Å². The second kappa shape index (κ2) is 12.5. The zero-order chi connectivity index (χ0) is 29.9. The number of ether oxygens (including phenoxy) is 1. The predicted octanol–water partition coefficient (Wildman–Crippen LogP) is 2.28. The van der Waals surface area contributed by atoms with Gasteiger partial charge >= 0.3 is 6.01 Å². The van der Waals surface area contributed by atoms with Crippen LogP contribution in [-0.2, 0) is 22.6 Å². The average molecular weight is 586 g/mol. The number of aromatic nitrogens is 2. The molecule has 0 atom stereocenters. The van der Waals surface area contributed by atoms with Crippen molar-refractivity contribution in [2.75, 3.05) is 81.9 Å². The van der Waals surface area contributed by atoms with E-state index in [-0.39, 0.29) is 17.6 Å². The molecule has 4 heterocycles. The Morgan fingerprint density at radius 3 is 2.44 bits per heavy atom. The molecule has 1 N–H and O–H groups in total. The quantitative estimate of drug-likeness (QED) is 0.418. The Kier molecular flexibility index (Phi) is 8.33. The van der Waals surface area contributed by atoms with Crippen LogP contribution in [0.15, 0.2) is 49.1 Å².